The minimum Gasteiger partial charge on any atom is -0.496 e. The van der Waals surface area contributed by atoms with Crippen molar-refractivity contribution in [2.24, 2.45) is 5.73 Å². The quantitative estimate of drug-likeness (QED) is 0.296. The lowest BCUT2D eigenvalue weighted by Gasteiger charge is -2.24. The molecular formula is C21H26N4O7. The number of rotatable bonds is 7. The van der Waals surface area contributed by atoms with Crippen molar-refractivity contribution in [3.63, 3.8) is 0 Å². The first-order chi connectivity index (χ1) is 15.3. The lowest BCUT2D eigenvalue weighted by molar-refractivity contribution is -0.155. The second kappa shape index (κ2) is 10.2. The molecule has 1 aromatic rings. The number of amides is 3. The first-order valence-electron chi connectivity index (χ1n) is 10.1. The molecule has 172 valence electrons. The fourth-order valence-corrected chi connectivity index (χ4v) is 3.49. The first kappa shape index (κ1) is 23.2. The van der Waals surface area contributed by atoms with Crippen LogP contribution in [0.25, 0.3) is 0 Å². The van der Waals surface area contributed by atoms with Crippen LogP contribution in [0.1, 0.15) is 23.2 Å². The summed E-state index contributed by atoms with van der Waals surface area (Å²) >= 11 is 0. The highest BCUT2D eigenvalue weighted by molar-refractivity contribution is 5.97. The van der Waals surface area contributed by atoms with Gasteiger partial charge in [0, 0.05) is 13.1 Å². The third-order valence-electron chi connectivity index (χ3n) is 5.17. The van der Waals surface area contributed by atoms with Crippen LogP contribution >= 0.6 is 0 Å². The molecule has 0 aliphatic carbocycles. The van der Waals surface area contributed by atoms with E-state index in [0.717, 1.165) is 0 Å². The van der Waals surface area contributed by atoms with E-state index in [0.29, 0.717) is 16.9 Å². The number of aliphatic hydroxyl groups is 1. The van der Waals surface area contributed by atoms with Gasteiger partial charge in [-0.1, -0.05) is 18.2 Å². The molecule has 32 heavy (non-hydrogen) atoms. The highest BCUT2D eigenvalue weighted by Gasteiger charge is 2.35. The second-order valence-corrected chi connectivity index (χ2v) is 7.54. The zero-order chi connectivity index (χ0) is 23.3. The van der Waals surface area contributed by atoms with Gasteiger partial charge in [0.15, 0.2) is 0 Å². The number of hydrogen-bond acceptors (Lipinski definition) is 8. The number of cyclic esters (lactones) is 1. The summed E-state index contributed by atoms with van der Waals surface area (Å²) < 4.78 is 9.79. The molecule has 2 aliphatic rings. The van der Waals surface area contributed by atoms with Gasteiger partial charge in [-0.3, -0.25) is 19.2 Å². The van der Waals surface area contributed by atoms with Crippen LogP contribution in [0.5, 0.6) is 5.75 Å². The van der Waals surface area contributed by atoms with Crippen molar-refractivity contribution in [3.8, 4) is 5.75 Å². The van der Waals surface area contributed by atoms with E-state index in [4.69, 9.17) is 10.5 Å². The van der Waals surface area contributed by atoms with E-state index >= 15 is 0 Å². The number of aliphatic hydroxyl groups excluding tert-OH is 1. The van der Waals surface area contributed by atoms with E-state index in [9.17, 15) is 24.3 Å². The maximum Gasteiger partial charge on any atom is 0.310 e. The minimum atomic E-state index is -1.42. The summed E-state index contributed by atoms with van der Waals surface area (Å²) in [6.07, 6.45) is 0.464. The van der Waals surface area contributed by atoms with Crippen LogP contribution in [-0.4, -0.2) is 78.8 Å². The fourth-order valence-electron chi connectivity index (χ4n) is 3.49. The summed E-state index contributed by atoms with van der Waals surface area (Å²) in [5.41, 5.74) is 7.00. The van der Waals surface area contributed by atoms with Gasteiger partial charge in [0.1, 0.15) is 11.8 Å². The number of esters is 1. The van der Waals surface area contributed by atoms with E-state index in [2.05, 4.69) is 15.4 Å². The molecule has 3 amide bonds. The van der Waals surface area contributed by atoms with Crippen molar-refractivity contribution in [2.45, 2.75) is 31.2 Å². The molecule has 1 saturated heterocycles. The summed E-state index contributed by atoms with van der Waals surface area (Å²) in [5.74, 6) is -1.50. The molecule has 2 aliphatic heterocycles. The molecule has 0 aromatic heterocycles. The lowest BCUT2D eigenvalue weighted by Crippen LogP contribution is -2.50. The van der Waals surface area contributed by atoms with Crippen LogP contribution in [0.15, 0.2) is 35.9 Å². The van der Waals surface area contributed by atoms with Crippen LogP contribution < -0.4 is 21.1 Å². The number of ether oxygens (including phenoxy) is 2. The molecule has 11 nitrogen and oxygen atoms in total. The Morgan fingerprint density at radius 1 is 1.31 bits per heavy atom. The molecule has 2 heterocycles. The second-order valence-electron chi connectivity index (χ2n) is 7.54. The van der Waals surface area contributed by atoms with Crippen molar-refractivity contribution in [1.29, 1.82) is 0 Å². The van der Waals surface area contributed by atoms with E-state index in [1.807, 2.05) is 0 Å². The Hall–Kier alpha value is -3.44. The van der Waals surface area contributed by atoms with E-state index in [-0.39, 0.29) is 38.4 Å². The van der Waals surface area contributed by atoms with Crippen molar-refractivity contribution in [3.05, 3.63) is 41.5 Å². The van der Waals surface area contributed by atoms with Crippen molar-refractivity contribution < 1.29 is 33.8 Å². The zero-order valence-corrected chi connectivity index (χ0v) is 17.6. The number of nitrogens with one attached hydrogen (secondary N) is 2. The zero-order valence-electron chi connectivity index (χ0n) is 17.6. The molecule has 3 rings (SSSR count). The maximum absolute atomic E-state index is 12.6. The van der Waals surface area contributed by atoms with Crippen LogP contribution in [-0.2, 0) is 19.1 Å². The molecule has 3 atom stereocenters. The Balaban J connectivity index is 1.60. The van der Waals surface area contributed by atoms with Crippen molar-refractivity contribution >= 4 is 23.7 Å². The Morgan fingerprint density at radius 2 is 2.06 bits per heavy atom. The third-order valence-corrected chi connectivity index (χ3v) is 5.17. The van der Waals surface area contributed by atoms with E-state index in [1.54, 1.807) is 30.3 Å². The maximum atomic E-state index is 12.6. The topological polar surface area (TPSA) is 160 Å². The minimum absolute atomic E-state index is 0.0921. The molecule has 11 heteroatoms. The van der Waals surface area contributed by atoms with Gasteiger partial charge in [-0.05, 0) is 24.1 Å². The van der Waals surface area contributed by atoms with E-state index in [1.165, 1.54) is 12.0 Å². The summed E-state index contributed by atoms with van der Waals surface area (Å²) in [7, 11) is 1.47. The Kier molecular flexibility index (Phi) is 7.44. The fraction of sp³-hybridized carbons (Fsp3) is 0.429. The Bertz CT molecular complexity index is 932. The van der Waals surface area contributed by atoms with Gasteiger partial charge < -0.3 is 35.8 Å². The summed E-state index contributed by atoms with van der Waals surface area (Å²) in [6, 6.07) is 5.09. The number of para-hydroxylation sites is 1. The smallest absolute Gasteiger partial charge is 0.310 e. The monoisotopic (exact) mass is 446 g/mol. The Labute approximate surface area is 184 Å². The molecule has 0 bridgehead atoms. The van der Waals surface area contributed by atoms with Crippen LogP contribution in [0.2, 0.25) is 0 Å². The number of nitrogens with zero attached hydrogens (tertiary/aromatic N) is 1. The molecule has 1 aromatic carbocycles. The lowest BCUT2D eigenvalue weighted by atomic mass is 10.1. The number of carbonyl (C=O) groups is 4. The number of carbonyl (C=O) groups excluding carboxylic acids is 4. The standard InChI is InChI=1S/C21H26N4O7/c1-31-16-5-3-2-4-13(16)19(28)23-9-12-6-7-14(22)20(29)25(10-12)11-17(26)24-15-8-18(27)32-21(15)30/h2-6,14-15,21,30H,7-11,22H2,1H3,(H,23,28)(H,24,26). The molecule has 0 radical (unpaired) electrons. The van der Waals surface area contributed by atoms with Gasteiger partial charge in [0.2, 0.25) is 18.1 Å². The summed E-state index contributed by atoms with van der Waals surface area (Å²) in [5, 5.41) is 14.9. The number of hydrogen-bond donors (Lipinski definition) is 4. The normalized spacial score (nSPS) is 23.2. The van der Waals surface area contributed by atoms with Crippen LogP contribution in [0.4, 0.5) is 0 Å². The predicted octanol–water partition coefficient (Wildman–Crippen LogP) is -1.34. The molecule has 1 fully saturated rings. The van der Waals surface area contributed by atoms with Crippen molar-refractivity contribution in [1.82, 2.24) is 15.5 Å². The number of benzene rings is 1. The van der Waals surface area contributed by atoms with Gasteiger partial charge in [-0.2, -0.15) is 0 Å². The van der Waals surface area contributed by atoms with Gasteiger partial charge >= 0.3 is 5.97 Å². The molecule has 3 unspecified atom stereocenters. The average molecular weight is 446 g/mol. The van der Waals surface area contributed by atoms with Crippen molar-refractivity contribution in [2.75, 3.05) is 26.7 Å². The van der Waals surface area contributed by atoms with Crippen LogP contribution in [0.3, 0.4) is 0 Å². The molecular weight excluding hydrogens is 420 g/mol. The molecule has 0 spiro atoms. The third kappa shape index (κ3) is 5.62. The summed E-state index contributed by atoms with van der Waals surface area (Å²) in [4.78, 5) is 50.0. The highest BCUT2D eigenvalue weighted by atomic mass is 16.6. The SMILES string of the molecule is COc1ccccc1C(=O)NCC1=CCC(N)C(=O)N(CC(=O)NC2CC(=O)OC2O)C1. The Morgan fingerprint density at radius 3 is 2.75 bits per heavy atom. The van der Waals surface area contributed by atoms with Gasteiger partial charge in [-0.15, -0.1) is 0 Å². The average Bonchev–Trinajstić information content (AvgIpc) is 3.02. The highest BCUT2D eigenvalue weighted by Crippen LogP contribution is 2.17. The molecule has 0 saturated carbocycles. The largest absolute Gasteiger partial charge is 0.496 e. The number of nitrogens with two attached hydrogens (primary N) is 1. The van der Waals surface area contributed by atoms with Gasteiger partial charge in [0.05, 0.1) is 31.7 Å². The number of methoxy groups -OCH3 is 1. The van der Waals surface area contributed by atoms with E-state index < -0.39 is 36.2 Å². The predicted molar refractivity (Wildman–Crippen MR) is 111 cm³/mol. The summed E-state index contributed by atoms with van der Waals surface area (Å²) in [6.45, 7) is -0.0742. The first-order valence-corrected chi connectivity index (χ1v) is 10.1. The van der Waals surface area contributed by atoms with Gasteiger partial charge in [-0.25, -0.2) is 0 Å². The molecule has 5 N–H and O–H groups in total. The van der Waals surface area contributed by atoms with Gasteiger partial charge in [0.25, 0.3) is 5.91 Å². The van der Waals surface area contributed by atoms with Crippen LogP contribution in [0, 0.1) is 0 Å².